The molecule has 128 valence electrons. The Kier molecular flexibility index (Phi) is 4.91. The van der Waals surface area contributed by atoms with Crippen LogP contribution in [0.5, 0.6) is 0 Å². The minimum absolute atomic E-state index is 0.526. The molecule has 2 aromatic rings. The lowest BCUT2D eigenvalue weighted by Gasteiger charge is -2.20. The highest BCUT2D eigenvalue weighted by molar-refractivity contribution is 8.02. The molecule has 0 amide bonds. The van der Waals surface area contributed by atoms with Crippen molar-refractivity contribution >= 4 is 29.2 Å². The molecule has 1 heterocycles. The number of anilines is 3. The number of benzene rings is 2. The van der Waals surface area contributed by atoms with Crippen LogP contribution in [0.1, 0.15) is 12.0 Å². The van der Waals surface area contributed by atoms with E-state index in [-0.39, 0.29) is 0 Å². The van der Waals surface area contributed by atoms with E-state index in [2.05, 4.69) is 9.62 Å². The van der Waals surface area contributed by atoms with Gasteiger partial charge in [-0.1, -0.05) is 18.2 Å². The molecule has 0 saturated heterocycles. The number of fused-ring (bicyclic) bond motifs is 1. The first kappa shape index (κ1) is 17.0. The minimum Gasteiger partial charge on any atom is -0.320 e. The van der Waals surface area contributed by atoms with Gasteiger partial charge in [0.05, 0.1) is 34.8 Å². The van der Waals surface area contributed by atoms with Gasteiger partial charge in [-0.05, 0) is 50.3 Å². The Hall–Kier alpha value is -1.86. The average Bonchev–Trinajstić information content (AvgIpc) is 2.94. The van der Waals surface area contributed by atoms with Crippen LogP contribution in [0.25, 0.3) is 0 Å². The van der Waals surface area contributed by atoms with Crippen LogP contribution in [0.2, 0.25) is 0 Å². The zero-order valence-corrected chi connectivity index (χ0v) is 14.0. The van der Waals surface area contributed by atoms with Crippen LogP contribution >= 0.6 is 12.1 Å². The molecule has 0 aliphatic carbocycles. The van der Waals surface area contributed by atoms with E-state index in [0.717, 1.165) is 37.0 Å². The second kappa shape index (κ2) is 6.94. The summed E-state index contributed by atoms with van der Waals surface area (Å²) in [4.78, 5) is 0. The van der Waals surface area contributed by atoms with E-state index in [1.54, 1.807) is 6.07 Å². The summed E-state index contributed by atoms with van der Waals surface area (Å²) in [7, 11) is 1.90. The second-order valence-electron chi connectivity index (χ2n) is 5.47. The Morgan fingerprint density at radius 1 is 1.04 bits per heavy atom. The number of hydrogen-bond donors (Lipinski definition) is 1. The highest BCUT2D eigenvalue weighted by Gasteiger charge is 2.33. The molecule has 0 saturated carbocycles. The van der Waals surface area contributed by atoms with E-state index in [1.165, 1.54) is 24.3 Å². The van der Waals surface area contributed by atoms with Gasteiger partial charge in [0.2, 0.25) is 0 Å². The van der Waals surface area contributed by atoms with E-state index in [0.29, 0.717) is 5.69 Å². The van der Waals surface area contributed by atoms with Gasteiger partial charge >= 0.3 is 6.18 Å². The average molecular weight is 353 g/mol. The summed E-state index contributed by atoms with van der Waals surface area (Å²) < 4.78 is 42.9. The molecule has 0 radical (unpaired) electrons. The number of hydrogen-bond acceptors (Lipinski definition) is 4. The summed E-state index contributed by atoms with van der Waals surface area (Å²) in [6, 6.07) is 13.2. The molecule has 1 aliphatic heterocycles. The van der Waals surface area contributed by atoms with Gasteiger partial charge in [-0.3, -0.25) is 8.61 Å². The number of nitrogens with one attached hydrogen (secondary N) is 1. The van der Waals surface area contributed by atoms with Gasteiger partial charge in [0, 0.05) is 6.54 Å². The fraction of sp³-hybridized carbons (Fsp3) is 0.294. The van der Waals surface area contributed by atoms with Crippen molar-refractivity contribution in [3.05, 3.63) is 54.1 Å². The summed E-state index contributed by atoms with van der Waals surface area (Å²) in [5.41, 5.74) is 1.83. The molecule has 0 atom stereocenters. The van der Waals surface area contributed by atoms with Crippen molar-refractivity contribution in [3.8, 4) is 0 Å². The van der Waals surface area contributed by atoms with Gasteiger partial charge in [0.1, 0.15) is 0 Å². The van der Waals surface area contributed by atoms with Crippen LogP contribution in [0.15, 0.2) is 48.5 Å². The Morgan fingerprint density at radius 2 is 1.79 bits per heavy atom. The van der Waals surface area contributed by atoms with Crippen molar-refractivity contribution in [3.63, 3.8) is 0 Å². The Bertz CT molecular complexity index is 705. The number of alkyl halides is 3. The molecule has 0 fully saturated rings. The summed E-state index contributed by atoms with van der Waals surface area (Å²) in [5, 5.41) is 3.11. The molecule has 24 heavy (non-hydrogen) atoms. The molecule has 0 aromatic heterocycles. The fourth-order valence-electron chi connectivity index (χ4n) is 2.59. The number of para-hydroxylation sites is 2. The third-order valence-electron chi connectivity index (χ3n) is 3.75. The monoisotopic (exact) mass is 353 g/mol. The van der Waals surface area contributed by atoms with E-state index in [9.17, 15) is 13.2 Å². The predicted octanol–water partition coefficient (Wildman–Crippen LogP) is 4.84. The zero-order valence-electron chi connectivity index (χ0n) is 13.2. The van der Waals surface area contributed by atoms with Gasteiger partial charge in [0.15, 0.2) is 0 Å². The van der Waals surface area contributed by atoms with E-state index < -0.39 is 11.7 Å². The Balaban J connectivity index is 1.89. The second-order valence-corrected chi connectivity index (χ2v) is 6.44. The highest BCUT2D eigenvalue weighted by Crippen LogP contribution is 2.49. The molecule has 0 spiro atoms. The first-order chi connectivity index (χ1) is 11.5. The van der Waals surface area contributed by atoms with Gasteiger partial charge in [0.25, 0.3) is 0 Å². The molecule has 0 unspecified atom stereocenters. The van der Waals surface area contributed by atoms with Crippen LogP contribution in [0.4, 0.5) is 30.2 Å². The van der Waals surface area contributed by atoms with Crippen molar-refractivity contribution in [2.45, 2.75) is 12.6 Å². The van der Waals surface area contributed by atoms with Crippen molar-refractivity contribution in [1.82, 2.24) is 5.32 Å². The van der Waals surface area contributed by atoms with Gasteiger partial charge in [-0.25, -0.2) is 0 Å². The van der Waals surface area contributed by atoms with Crippen LogP contribution in [0.3, 0.4) is 0 Å². The Morgan fingerprint density at radius 3 is 2.50 bits per heavy atom. The topological polar surface area (TPSA) is 18.5 Å². The molecular weight excluding hydrogens is 335 g/mol. The third-order valence-corrected chi connectivity index (χ3v) is 4.89. The van der Waals surface area contributed by atoms with Gasteiger partial charge in [-0.15, -0.1) is 0 Å². The van der Waals surface area contributed by atoms with Crippen molar-refractivity contribution in [1.29, 1.82) is 0 Å². The fourth-order valence-corrected chi connectivity index (χ4v) is 3.69. The quantitative estimate of drug-likeness (QED) is 0.612. The molecule has 1 aliphatic rings. The Labute approximate surface area is 143 Å². The molecule has 0 bridgehead atoms. The zero-order chi connectivity index (χ0) is 17.2. The smallest absolute Gasteiger partial charge is 0.320 e. The number of nitrogens with zero attached hydrogens (tertiary/aromatic N) is 2. The van der Waals surface area contributed by atoms with E-state index >= 15 is 0 Å². The minimum atomic E-state index is -4.34. The highest BCUT2D eigenvalue weighted by atomic mass is 32.2. The standard InChI is InChI=1S/C17H18F3N3S/c1-21-10-5-11-22-15-8-2-3-9-16(15)23(24-22)14-7-4-6-13(12-14)17(18,19)20/h2-4,6-9,12,21H,5,10-11H2,1H3. The van der Waals surface area contributed by atoms with Crippen molar-refractivity contribution in [2.24, 2.45) is 0 Å². The first-order valence-corrected chi connectivity index (χ1v) is 8.40. The maximum atomic E-state index is 13.0. The first-order valence-electron chi connectivity index (χ1n) is 7.67. The van der Waals surface area contributed by atoms with Crippen molar-refractivity contribution in [2.75, 3.05) is 28.7 Å². The third kappa shape index (κ3) is 3.47. The normalized spacial score (nSPS) is 14.2. The maximum absolute atomic E-state index is 13.0. The maximum Gasteiger partial charge on any atom is 0.416 e. The molecule has 7 heteroatoms. The summed E-state index contributed by atoms with van der Waals surface area (Å²) in [6.07, 6.45) is -3.39. The number of rotatable bonds is 5. The lowest BCUT2D eigenvalue weighted by atomic mass is 10.2. The molecule has 3 rings (SSSR count). The SMILES string of the molecule is CNCCCN1SN(c2cccc(C(F)(F)F)c2)c2ccccc21. The molecule has 1 N–H and O–H groups in total. The van der Waals surface area contributed by atoms with Crippen LogP contribution in [-0.2, 0) is 6.18 Å². The van der Waals surface area contributed by atoms with Gasteiger partial charge < -0.3 is 5.32 Å². The lowest BCUT2D eigenvalue weighted by molar-refractivity contribution is -0.137. The molecule has 2 aromatic carbocycles. The summed E-state index contributed by atoms with van der Waals surface area (Å²) in [6.45, 7) is 1.71. The van der Waals surface area contributed by atoms with Crippen LogP contribution in [0, 0.1) is 0 Å². The lowest BCUT2D eigenvalue weighted by Crippen LogP contribution is -2.19. The van der Waals surface area contributed by atoms with E-state index in [1.807, 2.05) is 35.6 Å². The molecular formula is C17H18F3N3S. The summed E-state index contributed by atoms with van der Waals surface area (Å²) in [5.74, 6) is 0. The summed E-state index contributed by atoms with van der Waals surface area (Å²) >= 11 is 1.43. The van der Waals surface area contributed by atoms with Gasteiger partial charge in [-0.2, -0.15) is 13.2 Å². The van der Waals surface area contributed by atoms with Crippen LogP contribution in [-0.4, -0.2) is 20.1 Å². The largest absolute Gasteiger partial charge is 0.416 e. The predicted molar refractivity (Wildman–Crippen MR) is 93.5 cm³/mol. The number of halogens is 3. The van der Waals surface area contributed by atoms with Crippen LogP contribution < -0.4 is 13.9 Å². The molecule has 3 nitrogen and oxygen atoms in total. The van der Waals surface area contributed by atoms with Crippen molar-refractivity contribution < 1.29 is 13.2 Å². The van der Waals surface area contributed by atoms with E-state index in [4.69, 9.17) is 0 Å².